The van der Waals surface area contributed by atoms with Gasteiger partial charge in [-0.05, 0) is 6.42 Å². The molecule has 0 aromatic heterocycles. The van der Waals surface area contributed by atoms with Gasteiger partial charge >= 0.3 is 5.97 Å². The molecule has 0 aliphatic rings. The maximum atomic E-state index is 9.96. The minimum absolute atomic E-state index is 0.0691. The van der Waals surface area contributed by atoms with Crippen molar-refractivity contribution in [1.29, 1.82) is 0 Å². The van der Waals surface area contributed by atoms with E-state index in [0.717, 1.165) is 0 Å². The fraction of sp³-hybridized carbons (Fsp3) is 0.833. The van der Waals surface area contributed by atoms with Crippen LogP contribution < -0.4 is 0 Å². The van der Waals surface area contributed by atoms with Crippen LogP contribution in [0.15, 0.2) is 0 Å². The van der Waals surface area contributed by atoms with Gasteiger partial charge in [0.25, 0.3) is 0 Å². The molecule has 0 fully saturated rings. The van der Waals surface area contributed by atoms with Crippen LogP contribution in [0.25, 0.3) is 0 Å². The van der Waals surface area contributed by atoms with Crippen molar-refractivity contribution in [3.8, 4) is 0 Å². The summed E-state index contributed by atoms with van der Waals surface area (Å²) in [5, 5.41) is 8.19. The molecule has 0 bridgehead atoms. The highest BCUT2D eigenvalue weighted by Gasteiger charge is 1.92. The number of hydrogen-bond acceptors (Lipinski definition) is 1. The number of carboxylic acids is 1. The number of hydrogen-bond donors (Lipinski definition) is 1. The zero-order valence-corrected chi connectivity index (χ0v) is 4.76. The second kappa shape index (κ2) is 4.62. The number of aliphatic carboxylic acids is 1. The van der Waals surface area contributed by atoms with Gasteiger partial charge < -0.3 is 5.11 Å². The van der Waals surface area contributed by atoms with Gasteiger partial charge in [-0.2, -0.15) is 0 Å². The number of carbonyl (C=O) groups is 1. The van der Waals surface area contributed by atoms with Crippen LogP contribution in [0.1, 0.15) is 35.3 Å². The van der Waals surface area contributed by atoms with E-state index in [4.69, 9.17) is 7.85 Å². The van der Waals surface area contributed by atoms with Gasteiger partial charge in [0.1, 0.15) is 0 Å². The van der Waals surface area contributed by atoms with Crippen molar-refractivity contribution in [3.63, 3.8) is 0 Å². The van der Waals surface area contributed by atoms with Crippen molar-refractivity contribution >= 4 is 5.97 Å². The number of carboxylic acid groups (broad SMARTS) is 1. The average molecular weight is 120 g/mol. The van der Waals surface area contributed by atoms with Crippen LogP contribution in [0.4, 0.5) is 0 Å². The zero-order valence-electron chi connectivity index (χ0n) is 6.76. The van der Waals surface area contributed by atoms with E-state index in [1.165, 1.54) is 0 Å². The van der Waals surface area contributed by atoms with E-state index < -0.39 is 12.4 Å². The maximum absolute atomic E-state index is 9.96. The molecule has 2 nitrogen and oxygen atoms in total. The molecule has 2 heteroatoms. The summed E-state index contributed by atoms with van der Waals surface area (Å²) < 4.78 is 13.8. The molecule has 1 unspecified atom stereocenters. The van der Waals surface area contributed by atoms with Crippen LogP contribution in [-0.2, 0) is 4.79 Å². The Kier molecular flexibility index (Phi) is 2.52. The zero-order chi connectivity index (χ0) is 7.98. The van der Waals surface area contributed by atoms with Crippen molar-refractivity contribution in [2.45, 2.75) is 32.6 Å². The highest BCUT2D eigenvalue weighted by Crippen LogP contribution is 1.97. The summed E-state index contributed by atoms with van der Waals surface area (Å²) >= 11 is 0. The van der Waals surface area contributed by atoms with E-state index in [1.807, 2.05) is 0 Å². The summed E-state index contributed by atoms with van der Waals surface area (Å²) in [5.41, 5.74) is 0. The van der Waals surface area contributed by atoms with E-state index in [0.29, 0.717) is 12.8 Å². The van der Waals surface area contributed by atoms with Gasteiger partial charge in [0.05, 0.1) is 0 Å². The van der Waals surface area contributed by atoms with Crippen LogP contribution >= 0.6 is 0 Å². The van der Waals surface area contributed by atoms with E-state index in [2.05, 4.69) is 0 Å². The molecule has 1 N–H and O–H groups in total. The molecule has 1 atom stereocenters. The average Bonchev–Trinajstić information content (AvgIpc) is 1.87. The largest absolute Gasteiger partial charge is 0.481 e. The molecule has 0 aromatic carbocycles. The summed E-state index contributed by atoms with van der Waals surface area (Å²) in [6.07, 6.45) is 0.757. The minimum atomic E-state index is -0.822. The Labute approximate surface area is 52.3 Å². The molecule has 0 heterocycles. The second-order valence-electron chi connectivity index (χ2n) is 1.57. The standard InChI is InChI=1S/C6H12O2/c1-2-3-4-5-6(7)8/h2-5H2,1H3,(H,7,8)/i1T,2T. The monoisotopic (exact) mass is 120 g/mol. The summed E-state index contributed by atoms with van der Waals surface area (Å²) in [4.78, 5) is 9.96. The highest BCUT2D eigenvalue weighted by molar-refractivity contribution is 5.66. The van der Waals surface area contributed by atoms with Crippen LogP contribution in [0.5, 0.6) is 0 Å². The first-order valence-electron chi connectivity index (χ1n) is 3.88. The van der Waals surface area contributed by atoms with Crippen molar-refractivity contribution in [2.24, 2.45) is 0 Å². The Morgan fingerprint density at radius 2 is 2.62 bits per heavy atom. The van der Waals surface area contributed by atoms with Gasteiger partial charge in [-0.25, -0.2) is 0 Å². The molecule has 0 saturated heterocycles. The van der Waals surface area contributed by atoms with Crippen molar-refractivity contribution < 1.29 is 12.6 Å². The van der Waals surface area contributed by atoms with Crippen molar-refractivity contribution in [3.05, 3.63) is 0 Å². The lowest BCUT2D eigenvalue weighted by Crippen LogP contribution is -1.92. The maximum Gasteiger partial charge on any atom is 0.303 e. The van der Waals surface area contributed by atoms with Crippen LogP contribution in [-0.4, -0.2) is 11.1 Å². The summed E-state index contributed by atoms with van der Waals surface area (Å²) in [5.74, 6) is -0.822. The van der Waals surface area contributed by atoms with Crippen LogP contribution in [0, 0.1) is 0 Å². The summed E-state index contributed by atoms with van der Waals surface area (Å²) in [6.45, 7) is 0.0691. The lowest BCUT2D eigenvalue weighted by atomic mass is 10.2. The van der Waals surface area contributed by atoms with Gasteiger partial charge in [-0.1, -0.05) is 19.7 Å². The lowest BCUT2D eigenvalue weighted by Gasteiger charge is -1.89. The highest BCUT2D eigenvalue weighted by atomic mass is 16.4. The Balaban J connectivity index is 3.11. The van der Waals surface area contributed by atoms with E-state index in [-0.39, 0.29) is 13.3 Å². The Morgan fingerprint density at radius 3 is 3.12 bits per heavy atom. The second-order valence-corrected chi connectivity index (χ2v) is 1.57. The summed E-state index contributed by atoms with van der Waals surface area (Å²) in [7, 11) is 0. The molecule has 0 amide bonds. The smallest absolute Gasteiger partial charge is 0.303 e. The van der Waals surface area contributed by atoms with Gasteiger partial charge in [-0.3, -0.25) is 4.79 Å². The van der Waals surface area contributed by atoms with Crippen molar-refractivity contribution in [1.82, 2.24) is 0 Å². The summed E-state index contributed by atoms with van der Waals surface area (Å²) in [6, 6.07) is 0. The molecule has 0 radical (unpaired) electrons. The molecule has 48 valence electrons. The minimum Gasteiger partial charge on any atom is -0.481 e. The first kappa shape index (κ1) is 4.36. The number of rotatable bonds is 4. The third-order valence-electron chi connectivity index (χ3n) is 0.799. The third kappa shape index (κ3) is 5.47. The van der Waals surface area contributed by atoms with Crippen molar-refractivity contribution in [2.75, 3.05) is 0 Å². The molecule has 0 aliphatic heterocycles. The molecular formula is C6H12O2. The topological polar surface area (TPSA) is 37.3 Å². The molecule has 0 aromatic rings. The molecular weight excluding hydrogens is 104 g/mol. The predicted molar refractivity (Wildman–Crippen MR) is 31.8 cm³/mol. The lowest BCUT2D eigenvalue weighted by molar-refractivity contribution is -0.137. The Bertz CT molecular complexity index is 106. The van der Waals surface area contributed by atoms with Crippen LogP contribution in [0.3, 0.4) is 0 Å². The first-order valence-corrected chi connectivity index (χ1v) is 2.60. The quantitative estimate of drug-likeness (QED) is 0.612. The van der Waals surface area contributed by atoms with Gasteiger partial charge in [0, 0.05) is 9.16 Å². The van der Waals surface area contributed by atoms with E-state index in [1.54, 1.807) is 0 Å². The molecule has 0 saturated carbocycles. The first-order chi connectivity index (χ1) is 4.66. The molecule has 0 aliphatic carbocycles. The van der Waals surface area contributed by atoms with E-state index in [9.17, 15) is 4.79 Å². The van der Waals surface area contributed by atoms with Crippen LogP contribution in [0.2, 0.25) is 0 Å². The fourth-order valence-electron chi connectivity index (χ4n) is 0.398. The molecule has 8 heavy (non-hydrogen) atoms. The van der Waals surface area contributed by atoms with Gasteiger partial charge in [-0.15, -0.1) is 0 Å². The van der Waals surface area contributed by atoms with Gasteiger partial charge in [0.2, 0.25) is 0 Å². The fourth-order valence-corrected chi connectivity index (χ4v) is 0.398. The molecule has 0 spiro atoms. The normalized spacial score (nSPS) is 16.5. The Hall–Kier alpha value is -0.530. The van der Waals surface area contributed by atoms with Gasteiger partial charge in [0.15, 0.2) is 0 Å². The SMILES string of the molecule is [3H]CC([3H])CCCC(=O)O. The molecule has 0 rings (SSSR count). The van der Waals surface area contributed by atoms with E-state index >= 15 is 0 Å². The predicted octanol–water partition coefficient (Wildman–Crippen LogP) is 1.65. The Morgan fingerprint density at radius 1 is 1.88 bits per heavy atom. The third-order valence-corrected chi connectivity index (χ3v) is 0.799.